The summed E-state index contributed by atoms with van der Waals surface area (Å²) < 4.78 is 40.3. The third-order valence-corrected chi connectivity index (χ3v) is 6.30. The zero-order valence-electron chi connectivity index (χ0n) is 13.9. The van der Waals surface area contributed by atoms with Crippen LogP contribution in [0.2, 0.25) is 0 Å². The summed E-state index contributed by atoms with van der Waals surface area (Å²) in [7, 11) is -4.13. The summed E-state index contributed by atoms with van der Waals surface area (Å²) in [5, 5.41) is 20.1. The first-order valence-electron chi connectivity index (χ1n) is 7.97. The number of rotatable bonds is 5. The smallest absolute Gasteiger partial charge is 0.335 e. The van der Waals surface area contributed by atoms with Crippen molar-refractivity contribution in [1.82, 2.24) is 4.31 Å². The number of hydrogen-bond donors (Lipinski definition) is 1. The van der Waals surface area contributed by atoms with Crippen LogP contribution in [0.1, 0.15) is 28.3 Å². The molecule has 0 saturated carbocycles. The topological polar surface area (TPSA) is 118 Å². The quantitative estimate of drug-likeness (QED) is 0.615. The van der Waals surface area contributed by atoms with Crippen LogP contribution in [0.15, 0.2) is 47.4 Å². The van der Waals surface area contributed by atoms with Crippen LogP contribution in [0, 0.1) is 15.9 Å². The molecule has 0 aromatic heterocycles. The Morgan fingerprint density at radius 2 is 2.00 bits per heavy atom. The second-order valence-corrected chi connectivity index (χ2v) is 8.12. The Morgan fingerprint density at radius 1 is 1.26 bits per heavy atom. The predicted molar refractivity (Wildman–Crippen MR) is 92.6 cm³/mol. The van der Waals surface area contributed by atoms with Crippen molar-refractivity contribution in [3.8, 4) is 0 Å². The molecular weight excluding hydrogens is 379 g/mol. The normalized spacial score (nSPS) is 17.7. The molecule has 0 bridgehead atoms. The van der Waals surface area contributed by atoms with Crippen LogP contribution < -0.4 is 0 Å². The first-order chi connectivity index (χ1) is 12.7. The molecule has 1 saturated heterocycles. The van der Waals surface area contributed by atoms with Crippen LogP contribution in [0.5, 0.6) is 0 Å². The van der Waals surface area contributed by atoms with Crippen LogP contribution in [0.4, 0.5) is 10.1 Å². The number of hydrogen-bond acceptors (Lipinski definition) is 5. The van der Waals surface area contributed by atoms with Gasteiger partial charge in [-0.05, 0) is 36.1 Å². The van der Waals surface area contributed by atoms with Gasteiger partial charge in [0.25, 0.3) is 5.69 Å². The number of sulfonamides is 1. The number of nitrogens with zero attached hydrogens (tertiary/aromatic N) is 2. The molecule has 0 radical (unpaired) electrons. The number of non-ortho nitro benzene ring substituents is 1. The molecule has 1 heterocycles. The Morgan fingerprint density at radius 3 is 2.63 bits per heavy atom. The monoisotopic (exact) mass is 394 g/mol. The highest BCUT2D eigenvalue weighted by Gasteiger charge is 2.34. The van der Waals surface area contributed by atoms with Crippen LogP contribution >= 0.6 is 0 Å². The van der Waals surface area contributed by atoms with Gasteiger partial charge in [-0.15, -0.1) is 0 Å². The van der Waals surface area contributed by atoms with E-state index in [4.69, 9.17) is 5.11 Å². The molecule has 3 rings (SSSR count). The number of halogens is 1. The average Bonchev–Trinajstić information content (AvgIpc) is 3.12. The van der Waals surface area contributed by atoms with E-state index in [1.54, 1.807) is 12.1 Å². The van der Waals surface area contributed by atoms with E-state index in [9.17, 15) is 27.7 Å². The number of benzene rings is 2. The number of aromatic carboxylic acids is 1. The molecule has 1 fully saturated rings. The van der Waals surface area contributed by atoms with Gasteiger partial charge in [-0.25, -0.2) is 17.6 Å². The van der Waals surface area contributed by atoms with Crippen molar-refractivity contribution in [2.45, 2.75) is 17.2 Å². The highest BCUT2D eigenvalue weighted by Crippen LogP contribution is 2.32. The van der Waals surface area contributed by atoms with Gasteiger partial charge in [-0.2, -0.15) is 4.31 Å². The molecule has 1 N–H and O–H groups in total. The lowest BCUT2D eigenvalue weighted by atomic mass is 9.99. The second kappa shape index (κ2) is 7.05. The van der Waals surface area contributed by atoms with Gasteiger partial charge in [-0.1, -0.05) is 12.1 Å². The molecule has 2 aromatic carbocycles. The third-order valence-electron chi connectivity index (χ3n) is 4.46. The maximum absolute atomic E-state index is 13.4. The summed E-state index contributed by atoms with van der Waals surface area (Å²) in [6.45, 7) is 0.228. The lowest BCUT2D eigenvalue weighted by Crippen LogP contribution is -2.29. The zero-order chi connectivity index (χ0) is 19.8. The Hall–Kier alpha value is -2.85. The van der Waals surface area contributed by atoms with Crippen molar-refractivity contribution in [3.05, 3.63) is 69.5 Å². The number of carbonyl (C=O) groups is 1. The fourth-order valence-corrected chi connectivity index (χ4v) is 4.66. The zero-order valence-corrected chi connectivity index (χ0v) is 14.7. The fourth-order valence-electron chi connectivity index (χ4n) is 3.09. The minimum absolute atomic E-state index is 0.0802. The summed E-state index contributed by atoms with van der Waals surface area (Å²) in [6, 6.07) is 8.44. The van der Waals surface area contributed by atoms with Crippen molar-refractivity contribution >= 4 is 21.7 Å². The van der Waals surface area contributed by atoms with E-state index in [0.717, 1.165) is 22.5 Å². The Balaban J connectivity index is 1.93. The number of carboxylic acids is 1. The standard InChI is InChI=1S/C17H15FN2O6S/c18-14-3-1-2-11(6-14)12-4-5-19(10-12)27(25,26)16-8-13(17(21)22)7-15(9-16)20(23)24/h1-3,6-9,12H,4-5,10H2,(H,21,22). The molecule has 27 heavy (non-hydrogen) atoms. The fraction of sp³-hybridized carbons (Fsp3) is 0.235. The summed E-state index contributed by atoms with van der Waals surface area (Å²) in [6.07, 6.45) is 0.462. The van der Waals surface area contributed by atoms with Gasteiger partial charge in [0.2, 0.25) is 10.0 Å². The van der Waals surface area contributed by atoms with Gasteiger partial charge in [0.1, 0.15) is 5.82 Å². The molecule has 142 valence electrons. The van der Waals surface area contributed by atoms with Crippen LogP contribution in [-0.4, -0.2) is 41.8 Å². The largest absolute Gasteiger partial charge is 0.478 e. The lowest BCUT2D eigenvalue weighted by Gasteiger charge is -2.17. The van der Waals surface area contributed by atoms with Crippen molar-refractivity contribution in [2.24, 2.45) is 0 Å². The minimum atomic E-state index is -4.13. The molecule has 1 atom stereocenters. The maximum atomic E-state index is 13.4. The highest BCUT2D eigenvalue weighted by atomic mass is 32.2. The predicted octanol–water partition coefficient (Wildman–Crippen LogP) is 2.61. The minimum Gasteiger partial charge on any atom is -0.478 e. The molecule has 1 aliphatic rings. The highest BCUT2D eigenvalue weighted by molar-refractivity contribution is 7.89. The summed E-state index contributed by atoms with van der Waals surface area (Å²) >= 11 is 0. The molecule has 2 aromatic rings. The Labute approximate surface area is 154 Å². The van der Waals surface area contributed by atoms with Crippen LogP contribution in [-0.2, 0) is 10.0 Å². The van der Waals surface area contributed by atoms with Gasteiger partial charge in [-0.3, -0.25) is 10.1 Å². The molecular formula is C17H15FN2O6S. The van der Waals surface area contributed by atoms with E-state index in [1.807, 2.05) is 0 Å². The summed E-state index contributed by atoms with van der Waals surface area (Å²) in [5.41, 5.74) is -0.434. The van der Waals surface area contributed by atoms with E-state index in [1.165, 1.54) is 12.1 Å². The van der Waals surface area contributed by atoms with Crippen molar-refractivity contribution < 1.29 is 27.6 Å². The van der Waals surface area contributed by atoms with E-state index in [-0.39, 0.29) is 19.0 Å². The van der Waals surface area contributed by atoms with Gasteiger partial charge >= 0.3 is 5.97 Å². The van der Waals surface area contributed by atoms with E-state index >= 15 is 0 Å². The van der Waals surface area contributed by atoms with Crippen LogP contribution in [0.25, 0.3) is 0 Å². The molecule has 0 amide bonds. The summed E-state index contributed by atoms with van der Waals surface area (Å²) in [4.78, 5) is 20.9. The van der Waals surface area contributed by atoms with E-state index < -0.39 is 42.9 Å². The first-order valence-corrected chi connectivity index (χ1v) is 9.41. The third kappa shape index (κ3) is 3.81. The first kappa shape index (κ1) is 18.9. The second-order valence-electron chi connectivity index (χ2n) is 6.18. The molecule has 0 aliphatic carbocycles. The Kier molecular flexibility index (Phi) is 4.94. The van der Waals surface area contributed by atoms with E-state index in [0.29, 0.717) is 12.0 Å². The van der Waals surface area contributed by atoms with Crippen LogP contribution in [0.3, 0.4) is 0 Å². The number of nitro groups is 1. The van der Waals surface area contributed by atoms with Gasteiger partial charge in [0.05, 0.1) is 15.4 Å². The number of carboxylic acid groups (broad SMARTS) is 1. The average molecular weight is 394 g/mol. The maximum Gasteiger partial charge on any atom is 0.335 e. The molecule has 1 aliphatic heterocycles. The SMILES string of the molecule is O=C(O)c1cc([N+](=O)[O-])cc(S(=O)(=O)N2CCC(c3cccc(F)c3)C2)c1. The van der Waals surface area contributed by atoms with Crippen molar-refractivity contribution in [1.29, 1.82) is 0 Å². The number of nitro benzene ring substituents is 1. The molecule has 10 heteroatoms. The molecule has 8 nitrogen and oxygen atoms in total. The van der Waals surface area contributed by atoms with Gasteiger partial charge < -0.3 is 5.11 Å². The molecule has 1 unspecified atom stereocenters. The Bertz CT molecular complexity index is 992. The molecule has 0 spiro atoms. The lowest BCUT2D eigenvalue weighted by molar-refractivity contribution is -0.385. The van der Waals surface area contributed by atoms with E-state index in [2.05, 4.69) is 0 Å². The van der Waals surface area contributed by atoms with Gasteiger partial charge in [0.15, 0.2) is 0 Å². The summed E-state index contributed by atoms with van der Waals surface area (Å²) in [5.74, 6) is -2.10. The van der Waals surface area contributed by atoms with Gasteiger partial charge in [0, 0.05) is 25.2 Å². The van der Waals surface area contributed by atoms with Crippen molar-refractivity contribution in [2.75, 3.05) is 13.1 Å². The van der Waals surface area contributed by atoms with Crippen molar-refractivity contribution in [3.63, 3.8) is 0 Å².